The van der Waals surface area contributed by atoms with E-state index in [1.54, 1.807) is 12.1 Å². The molecule has 0 atom stereocenters. The van der Waals surface area contributed by atoms with Crippen molar-refractivity contribution in [2.45, 2.75) is 19.9 Å². The van der Waals surface area contributed by atoms with E-state index in [1.807, 2.05) is 18.3 Å². The molecule has 0 aliphatic rings. The van der Waals surface area contributed by atoms with Crippen LogP contribution in [-0.2, 0) is 13.0 Å². The molecule has 0 spiro atoms. The van der Waals surface area contributed by atoms with E-state index >= 15 is 0 Å². The van der Waals surface area contributed by atoms with Crippen LogP contribution >= 0.6 is 0 Å². The summed E-state index contributed by atoms with van der Waals surface area (Å²) >= 11 is 0. The second-order valence-electron chi connectivity index (χ2n) is 5.29. The first-order valence-corrected chi connectivity index (χ1v) is 7.02. The summed E-state index contributed by atoms with van der Waals surface area (Å²) in [6.07, 6.45) is 2.90. The van der Waals surface area contributed by atoms with E-state index in [4.69, 9.17) is 0 Å². The van der Waals surface area contributed by atoms with E-state index in [1.165, 1.54) is 11.1 Å². The number of carbonyl (C=O) groups is 1. The highest BCUT2D eigenvalue weighted by atomic mass is 16.4. The van der Waals surface area contributed by atoms with Crippen LogP contribution in [0.2, 0.25) is 0 Å². The minimum absolute atomic E-state index is 0.363. The van der Waals surface area contributed by atoms with Crippen molar-refractivity contribution in [3.8, 4) is 0 Å². The van der Waals surface area contributed by atoms with E-state index < -0.39 is 5.97 Å². The number of nitrogens with zero attached hydrogens (tertiary/aromatic N) is 1. The number of carboxylic acids is 1. The van der Waals surface area contributed by atoms with E-state index in [-0.39, 0.29) is 0 Å². The molecule has 0 aliphatic heterocycles. The van der Waals surface area contributed by atoms with Crippen molar-refractivity contribution < 1.29 is 9.90 Å². The Hall–Kier alpha value is -2.55. The molecule has 106 valence electrons. The molecular weight excluding hydrogens is 262 g/mol. The second-order valence-corrected chi connectivity index (χ2v) is 5.29. The highest BCUT2D eigenvalue weighted by molar-refractivity contribution is 6.02. The van der Waals surface area contributed by atoms with Gasteiger partial charge in [-0.05, 0) is 37.1 Å². The minimum atomic E-state index is -0.878. The lowest BCUT2D eigenvalue weighted by Gasteiger charge is -2.07. The quantitative estimate of drug-likeness (QED) is 0.787. The normalized spacial score (nSPS) is 10.9. The molecule has 3 rings (SSSR count). The van der Waals surface area contributed by atoms with Crippen molar-refractivity contribution in [2.24, 2.45) is 0 Å². The van der Waals surface area contributed by atoms with Crippen LogP contribution in [0, 0.1) is 6.92 Å². The number of aromatic carboxylic acids is 1. The molecule has 0 saturated heterocycles. The first kappa shape index (κ1) is 13.4. The summed E-state index contributed by atoms with van der Waals surface area (Å²) in [4.78, 5) is 11.2. The molecule has 0 amide bonds. The van der Waals surface area contributed by atoms with Crippen molar-refractivity contribution in [1.29, 1.82) is 0 Å². The maximum atomic E-state index is 11.2. The fourth-order valence-corrected chi connectivity index (χ4v) is 2.61. The maximum Gasteiger partial charge on any atom is 0.336 e. The molecule has 0 aliphatic carbocycles. The largest absolute Gasteiger partial charge is 0.478 e. The first-order valence-electron chi connectivity index (χ1n) is 7.02. The molecule has 1 N–H and O–H groups in total. The predicted octanol–water partition coefficient (Wildman–Crippen LogP) is 3.89. The summed E-state index contributed by atoms with van der Waals surface area (Å²) < 4.78 is 2.11. The van der Waals surface area contributed by atoms with Crippen molar-refractivity contribution in [2.75, 3.05) is 0 Å². The summed E-state index contributed by atoms with van der Waals surface area (Å²) in [5, 5.41) is 10.0. The number of rotatable bonds is 4. The second kappa shape index (κ2) is 5.44. The molecule has 2 aromatic carbocycles. The number of hydrogen-bond acceptors (Lipinski definition) is 1. The van der Waals surface area contributed by atoms with Gasteiger partial charge in [0.2, 0.25) is 0 Å². The monoisotopic (exact) mass is 279 g/mol. The average Bonchev–Trinajstić information content (AvgIpc) is 2.89. The molecule has 21 heavy (non-hydrogen) atoms. The van der Waals surface area contributed by atoms with Crippen LogP contribution in [0.1, 0.15) is 21.5 Å². The Labute approximate surface area is 123 Å². The van der Waals surface area contributed by atoms with Gasteiger partial charge < -0.3 is 9.67 Å². The molecule has 1 heterocycles. The molecule has 0 fully saturated rings. The number of fused-ring (bicyclic) bond motifs is 1. The Morgan fingerprint density at radius 2 is 1.86 bits per heavy atom. The van der Waals surface area contributed by atoms with Gasteiger partial charge >= 0.3 is 5.97 Å². The molecule has 3 nitrogen and oxygen atoms in total. The molecule has 0 saturated carbocycles. The van der Waals surface area contributed by atoms with Gasteiger partial charge in [0, 0.05) is 23.6 Å². The Balaban J connectivity index is 1.86. The van der Waals surface area contributed by atoms with Gasteiger partial charge in [0.25, 0.3) is 0 Å². The van der Waals surface area contributed by atoms with Gasteiger partial charge in [-0.1, -0.05) is 35.9 Å². The summed E-state index contributed by atoms with van der Waals surface area (Å²) in [7, 11) is 0. The predicted molar refractivity (Wildman–Crippen MR) is 83.8 cm³/mol. The van der Waals surface area contributed by atoms with Gasteiger partial charge in [-0.3, -0.25) is 0 Å². The smallest absolute Gasteiger partial charge is 0.336 e. The third-order valence-electron chi connectivity index (χ3n) is 3.81. The molecule has 3 aromatic rings. The molecule has 0 bridgehead atoms. The number of benzene rings is 2. The topological polar surface area (TPSA) is 42.2 Å². The Bertz CT molecular complexity index is 785. The first-order chi connectivity index (χ1) is 10.1. The summed E-state index contributed by atoms with van der Waals surface area (Å²) in [6.45, 7) is 2.92. The van der Waals surface area contributed by atoms with Crippen molar-refractivity contribution in [3.05, 3.63) is 71.4 Å². The van der Waals surface area contributed by atoms with E-state index in [0.29, 0.717) is 5.56 Å². The zero-order valence-corrected chi connectivity index (χ0v) is 11.9. The zero-order chi connectivity index (χ0) is 14.8. The van der Waals surface area contributed by atoms with Crippen LogP contribution in [0.15, 0.2) is 54.7 Å². The summed E-state index contributed by atoms with van der Waals surface area (Å²) in [5.41, 5.74) is 3.89. The fraction of sp³-hybridized carbons (Fsp3) is 0.167. The minimum Gasteiger partial charge on any atom is -0.478 e. The van der Waals surface area contributed by atoms with Crippen LogP contribution in [0.3, 0.4) is 0 Å². The highest BCUT2D eigenvalue weighted by Crippen LogP contribution is 2.21. The fourth-order valence-electron chi connectivity index (χ4n) is 2.61. The van der Waals surface area contributed by atoms with Crippen LogP contribution in [-0.4, -0.2) is 15.6 Å². The lowest BCUT2D eigenvalue weighted by Crippen LogP contribution is -2.01. The van der Waals surface area contributed by atoms with Crippen LogP contribution < -0.4 is 0 Å². The maximum absolute atomic E-state index is 11.2. The van der Waals surface area contributed by atoms with Crippen LogP contribution in [0.4, 0.5) is 0 Å². The SMILES string of the molecule is Cc1ccc(CCn2ccc3c(C(=O)O)cccc32)cc1. The van der Waals surface area contributed by atoms with Gasteiger partial charge in [-0.15, -0.1) is 0 Å². The van der Waals surface area contributed by atoms with Gasteiger partial charge in [0.1, 0.15) is 0 Å². The number of aryl methyl sites for hydroxylation is 3. The van der Waals surface area contributed by atoms with E-state index in [9.17, 15) is 9.90 Å². The van der Waals surface area contributed by atoms with Gasteiger partial charge in [-0.25, -0.2) is 4.79 Å². The number of hydrogen-bond donors (Lipinski definition) is 1. The third kappa shape index (κ3) is 2.68. The molecular formula is C18H17NO2. The van der Waals surface area contributed by atoms with Crippen molar-refractivity contribution in [3.63, 3.8) is 0 Å². The van der Waals surface area contributed by atoms with E-state index in [0.717, 1.165) is 23.9 Å². The number of aromatic nitrogens is 1. The third-order valence-corrected chi connectivity index (χ3v) is 3.81. The van der Waals surface area contributed by atoms with Crippen molar-refractivity contribution in [1.82, 2.24) is 4.57 Å². The molecule has 0 unspecified atom stereocenters. The van der Waals surface area contributed by atoms with Crippen LogP contribution in [0.25, 0.3) is 10.9 Å². The lowest BCUT2D eigenvalue weighted by molar-refractivity contribution is 0.0699. The highest BCUT2D eigenvalue weighted by Gasteiger charge is 2.10. The Morgan fingerprint density at radius 3 is 2.57 bits per heavy atom. The number of carboxylic acid groups (broad SMARTS) is 1. The van der Waals surface area contributed by atoms with Crippen LogP contribution in [0.5, 0.6) is 0 Å². The standard InChI is InChI=1S/C18H17NO2/c1-13-5-7-14(8-6-13)9-11-19-12-10-15-16(18(20)21)3-2-4-17(15)19/h2-8,10,12H,9,11H2,1H3,(H,20,21). The van der Waals surface area contributed by atoms with Crippen molar-refractivity contribution >= 4 is 16.9 Å². The molecule has 3 heteroatoms. The lowest BCUT2D eigenvalue weighted by atomic mass is 10.1. The summed E-state index contributed by atoms with van der Waals surface area (Å²) in [6, 6.07) is 15.8. The van der Waals surface area contributed by atoms with Gasteiger partial charge in [0.05, 0.1) is 5.56 Å². The zero-order valence-electron chi connectivity index (χ0n) is 11.9. The molecule has 1 aromatic heterocycles. The summed E-state index contributed by atoms with van der Waals surface area (Å²) in [5.74, 6) is -0.878. The average molecular weight is 279 g/mol. The molecule has 0 radical (unpaired) electrons. The Kier molecular flexibility index (Phi) is 3.48. The van der Waals surface area contributed by atoms with E-state index in [2.05, 4.69) is 35.8 Å². The Morgan fingerprint density at radius 1 is 1.10 bits per heavy atom. The van der Waals surface area contributed by atoms with Gasteiger partial charge in [0.15, 0.2) is 0 Å². The van der Waals surface area contributed by atoms with Gasteiger partial charge in [-0.2, -0.15) is 0 Å².